The van der Waals surface area contributed by atoms with Gasteiger partial charge in [-0.25, -0.2) is 4.79 Å². The molecule has 0 saturated carbocycles. The zero-order chi connectivity index (χ0) is 17.3. The molecule has 2 heterocycles. The molecule has 1 aromatic carbocycles. The van der Waals surface area contributed by atoms with Crippen molar-refractivity contribution in [2.75, 3.05) is 20.3 Å². The lowest BCUT2D eigenvalue weighted by molar-refractivity contribution is 0.0523. The Hall–Kier alpha value is -2.76. The Kier molecular flexibility index (Phi) is 4.29. The fraction of sp³-hybridized carbons (Fsp3) is 0.333. The monoisotopic (exact) mass is 329 g/mol. The van der Waals surface area contributed by atoms with E-state index in [0.717, 1.165) is 5.56 Å². The maximum absolute atomic E-state index is 12.3. The molecular weight excluding hydrogens is 310 g/mol. The van der Waals surface area contributed by atoms with Crippen LogP contribution in [0.4, 0.5) is 0 Å². The van der Waals surface area contributed by atoms with Crippen LogP contribution in [0.5, 0.6) is 11.5 Å². The summed E-state index contributed by atoms with van der Waals surface area (Å²) >= 11 is 0. The average Bonchev–Trinajstić information content (AvgIpc) is 2.75. The van der Waals surface area contributed by atoms with Gasteiger partial charge in [-0.15, -0.1) is 0 Å². The van der Waals surface area contributed by atoms with Gasteiger partial charge in [0.25, 0.3) is 0 Å². The van der Waals surface area contributed by atoms with E-state index in [1.165, 1.54) is 0 Å². The average molecular weight is 329 g/mol. The van der Waals surface area contributed by atoms with E-state index in [4.69, 9.17) is 14.2 Å². The number of aldehydes is 1. The molecule has 2 aromatic rings. The lowest BCUT2D eigenvalue weighted by atomic mass is 10.0. The van der Waals surface area contributed by atoms with Crippen LogP contribution in [0.2, 0.25) is 0 Å². The first-order valence-corrected chi connectivity index (χ1v) is 7.79. The van der Waals surface area contributed by atoms with E-state index in [1.807, 2.05) is 23.6 Å². The maximum Gasteiger partial charge on any atom is 0.340 e. The van der Waals surface area contributed by atoms with Crippen molar-refractivity contribution in [3.63, 3.8) is 0 Å². The fourth-order valence-electron chi connectivity index (χ4n) is 3.10. The van der Waals surface area contributed by atoms with Crippen molar-refractivity contribution in [3.05, 3.63) is 35.0 Å². The maximum atomic E-state index is 12.3. The van der Waals surface area contributed by atoms with Crippen LogP contribution in [-0.4, -0.2) is 37.1 Å². The Morgan fingerprint density at radius 2 is 2.21 bits per heavy atom. The van der Waals surface area contributed by atoms with Gasteiger partial charge >= 0.3 is 5.97 Å². The summed E-state index contributed by atoms with van der Waals surface area (Å²) in [5, 5.41) is 0. The number of rotatable bonds is 4. The molecule has 3 rings (SSSR count). The Labute approximate surface area is 139 Å². The van der Waals surface area contributed by atoms with Gasteiger partial charge in [-0.05, 0) is 32.0 Å². The zero-order valence-corrected chi connectivity index (χ0v) is 13.9. The minimum Gasteiger partial charge on any atom is -0.497 e. The van der Waals surface area contributed by atoms with E-state index in [9.17, 15) is 9.59 Å². The van der Waals surface area contributed by atoms with Crippen molar-refractivity contribution >= 4 is 12.3 Å². The lowest BCUT2D eigenvalue weighted by Crippen LogP contribution is -2.10. The van der Waals surface area contributed by atoms with Crippen LogP contribution in [0.15, 0.2) is 18.2 Å². The summed E-state index contributed by atoms with van der Waals surface area (Å²) in [6, 6.07) is 5.43. The number of carbonyl (C=O) groups excluding carboxylic acids is 2. The van der Waals surface area contributed by atoms with Gasteiger partial charge < -0.3 is 18.8 Å². The normalized spacial score (nSPS) is 12.5. The quantitative estimate of drug-likeness (QED) is 0.637. The number of fused-ring (bicyclic) bond motifs is 3. The molecule has 0 spiro atoms. The van der Waals surface area contributed by atoms with Crippen LogP contribution in [0, 0.1) is 6.92 Å². The van der Waals surface area contributed by atoms with E-state index in [2.05, 4.69) is 0 Å². The smallest absolute Gasteiger partial charge is 0.340 e. The minimum absolute atomic E-state index is 0.255. The first kappa shape index (κ1) is 16.1. The molecule has 0 radical (unpaired) electrons. The lowest BCUT2D eigenvalue weighted by Gasteiger charge is -2.10. The fourth-order valence-corrected chi connectivity index (χ4v) is 3.10. The summed E-state index contributed by atoms with van der Waals surface area (Å²) < 4.78 is 18.1. The van der Waals surface area contributed by atoms with Gasteiger partial charge in [0.2, 0.25) is 0 Å². The van der Waals surface area contributed by atoms with Crippen LogP contribution < -0.4 is 9.47 Å². The summed E-state index contributed by atoms with van der Waals surface area (Å²) in [6.45, 7) is 4.79. The third-order valence-electron chi connectivity index (χ3n) is 4.17. The number of nitrogens with zero attached hydrogens (tertiary/aromatic N) is 1. The summed E-state index contributed by atoms with van der Waals surface area (Å²) in [5.41, 5.74) is 2.73. The van der Waals surface area contributed by atoms with Gasteiger partial charge in [-0.1, -0.05) is 0 Å². The molecule has 0 atom stereocenters. The van der Waals surface area contributed by atoms with E-state index < -0.39 is 5.97 Å². The number of benzene rings is 1. The minimum atomic E-state index is -0.483. The van der Waals surface area contributed by atoms with Gasteiger partial charge in [0.15, 0.2) is 6.29 Å². The van der Waals surface area contributed by atoms with Crippen LogP contribution in [0.25, 0.3) is 11.3 Å². The molecule has 6 heteroatoms. The number of hydrogen-bond acceptors (Lipinski definition) is 5. The van der Waals surface area contributed by atoms with Gasteiger partial charge in [0.05, 0.1) is 37.1 Å². The predicted octanol–water partition coefficient (Wildman–Crippen LogP) is 2.85. The molecule has 1 aromatic heterocycles. The number of methoxy groups -OCH3 is 1. The van der Waals surface area contributed by atoms with E-state index >= 15 is 0 Å². The number of carbonyl (C=O) groups is 2. The second-order valence-electron chi connectivity index (χ2n) is 5.42. The van der Waals surface area contributed by atoms with E-state index in [1.54, 1.807) is 20.1 Å². The number of hydrogen-bond donors (Lipinski definition) is 0. The predicted molar refractivity (Wildman–Crippen MR) is 88.0 cm³/mol. The summed E-state index contributed by atoms with van der Waals surface area (Å²) in [5.74, 6) is 0.827. The molecule has 0 unspecified atom stereocenters. The standard InChI is InChI=1S/C18H19NO5/c1-4-23-18(21)16-11(2)19-7-8-24-15-6-5-12(22-3)9-13(15)17(19)14(16)10-20/h5-6,9-10H,4,7-8H2,1-3H3. The van der Waals surface area contributed by atoms with Crippen LogP contribution >= 0.6 is 0 Å². The largest absolute Gasteiger partial charge is 0.497 e. The number of aromatic nitrogens is 1. The van der Waals surface area contributed by atoms with Crippen molar-refractivity contribution in [1.29, 1.82) is 0 Å². The van der Waals surface area contributed by atoms with Crippen molar-refractivity contribution < 1.29 is 23.8 Å². The molecule has 0 aliphatic carbocycles. The van der Waals surface area contributed by atoms with Gasteiger partial charge in [-0.2, -0.15) is 0 Å². The highest BCUT2D eigenvalue weighted by atomic mass is 16.5. The van der Waals surface area contributed by atoms with Gasteiger partial charge in [0, 0.05) is 11.3 Å². The SMILES string of the molecule is CCOC(=O)c1c(C=O)c2n(c1C)CCOc1ccc(OC)cc1-2. The Bertz CT molecular complexity index is 806. The Balaban J connectivity index is 2.30. The van der Waals surface area contributed by atoms with E-state index in [0.29, 0.717) is 53.5 Å². The number of esters is 1. The van der Waals surface area contributed by atoms with E-state index in [-0.39, 0.29) is 6.61 Å². The highest BCUT2D eigenvalue weighted by Gasteiger charge is 2.29. The van der Waals surface area contributed by atoms with Crippen LogP contribution in [-0.2, 0) is 11.3 Å². The molecule has 0 fully saturated rings. The topological polar surface area (TPSA) is 66.8 Å². The molecule has 0 bridgehead atoms. The zero-order valence-electron chi connectivity index (χ0n) is 13.9. The summed E-state index contributed by atoms with van der Waals surface area (Å²) in [7, 11) is 1.58. The first-order chi connectivity index (χ1) is 11.6. The van der Waals surface area contributed by atoms with Gasteiger partial charge in [-0.3, -0.25) is 4.79 Å². The molecule has 6 nitrogen and oxygen atoms in total. The molecule has 1 aliphatic heterocycles. The summed E-state index contributed by atoms with van der Waals surface area (Å²) in [4.78, 5) is 24.1. The van der Waals surface area contributed by atoms with Gasteiger partial charge in [0.1, 0.15) is 18.1 Å². The van der Waals surface area contributed by atoms with Crippen LogP contribution in [0.1, 0.15) is 33.3 Å². The third-order valence-corrected chi connectivity index (χ3v) is 4.17. The molecule has 24 heavy (non-hydrogen) atoms. The molecule has 126 valence electrons. The summed E-state index contributed by atoms with van der Waals surface area (Å²) in [6.07, 6.45) is 0.708. The molecular formula is C18H19NO5. The Morgan fingerprint density at radius 1 is 1.42 bits per heavy atom. The molecule has 0 amide bonds. The molecule has 1 aliphatic rings. The first-order valence-electron chi connectivity index (χ1n) is 7.79. The second kappa shape index (κ2) is 6.39. The van der Waals surface area contributed by atoms with Crippen LogP contribution in [0.3, 0.4) is 0 Å². The van der Waals surface area contributed by atoms with Crippen molar-refractivity contribution in [2.24, 2.45) is 0 Å². The van der Waals surface area contributed by atoms with Crippen molar-refractivity contribution in [1.82, 2.24) is 4.57 Å². The highest BCUT2D eigenvalue weighted by molar-refractivity contribution is 6.04. The molecule has 0 saturated heterocycles. The molecule has 0 N–H and O–H groups in total. The van der Waals surface area contributed by atoms with Crippen molar-refractivity contribution in [2.45, 2.75) is 20.4 Å². The number of ether oxygens (including phenoxy) is 3. The third kappa shape index (κ3) is 2.44. The van der Waals surface area contributed by atoms with Crippen molar-refractivity contribution in [3.8, 4) is 22.8 Å². The second-order valence-corrected chi connectivity index (χ2v) is 5.42. The Morgan fingerprint density at radius 3 is 2.88 bits per heavy atom. The highest BCUT2D eigenvalue weighted by Crippen LogP contribution is 2.40.